The van der Waals surface area contributed by atoms with E-state index in [-0.39, 0.29) is 5.54 Å². The van der Waals surface area contributed by atoms with Crippen LogP contribution in [0.5, 0.6) is 0 Å². The lowest BCUT2D eigenvalue weighted by Gasteiger charge is -2.63. The molecule has 92 valence electrons. The van der Waals surface area contributed by atoms with E-state index in [0.29, 0.717) is 11.2 Å². The first-order valence-electron chi connectivity index (χ1n) is 6.62. The van der Waals surface area contributed by atoms with Crippen LogP contribution in [0.15, 0.2) is 0 Å². The summed E-state index contributed by atoms with van der Waals surface area (Å²) in [6, 6.07) is 0. The van der Waals surface area contributed by atoms with Crippen LogP contribution in [-0.4, -0.2) is 5.54 Å². The van der Waals surface area contributed by atoms with Crippen molar-refractivity contribution in [2.24, 2.45) is 29.1 Å². The summed E-state index contributed by atoms with van der Waals surface area (Å²) in [6.07, 6.45) is 3.96. The third-order valence-electron chi connectivity index (χ3n) is 5.24. The van der Waals surface area contributed by atoms with Crippen molar-refractivity contribution < 1.29 is 0 Å². The van der Waals surface area contributed by atoms with Gasteiger partial charge in [-0.15, -0.1) is 0 Å². The summed E-state index contributed by atoms with van der Waals surface area (Å²) < 4.78 is 0. The molecule has 0 aromatic heterocycles. The number of hydrogen-bond donors (Lipinski definition) is 0. The summed E-state index contributed by atoms with van der Waals surface area (Å²) >= 11 is 12.4. The minimum atomic E-state index is -0.162. The Bertz CT molecular complexity index is 261. The van der Waals surface area contributed by atoms with Gasteiger partial charge in [0.1, 0.15) is 0 Å². The molecule has 2 bridgehead atoms. The topological polar surface area (TPSA) is 0 Å². The van der Waals surface area contributed by atoms with Crippen molar-refractivity contribution in [2.45, 2.75) is 52.8 Å². The summed E-state index contributed by atoms with van der Waals surface area (Å²) in [6.45, 7) is 9.50. The molecule has 0 aromatic carbocycles. The fourth-order valence-corrected chi connectivity index (χ4v) is 4.74. The van der Waals surface area contributed by atoms with Gasteiger partial charge in [-0.3, -0.25) is 0 Å². The zero-order chi connectivity index (χ0) is 12.1. The lowest BCUT2D eigenvalue weighted by atomic mass is 9.39. The molecule has 3 saturated carbocycles. The highest BCUT2D eigenvalue weighted by molar-refractivity contribution is 7.34. The molecular weight excluding hydrogens is 238 g/mol. The third kappa shape index (κ3) is 2.03. The predicted octanol–water partition coefficient (Wildman–Crippen LogP) is 5.05. The molecule has 3 aliphatic carbocycles. The summed E-state index contributed by atoms with van der Waals surface area (Å²) in [4.78, 5) is 0. The van der Waals surface area contributed by atoms with Crippen molar-refractivity contribution in [1.82, 2.24) is 0 Å². The van der Waals surface area contributed by atoms with Gasteiger partial charge in [-0.25, -0.2) is 0 Å². The molecule has 0 unspecified atom stereocenters. The standard InChI is InChI=1S/C13H23BCl2/c1-8(2)5-10-11-6-9(13(11,3)4)7-12(10)14(15)16/h8-12H,5-7H2,1-4H3/t9-,10+,11+,12+/m0/s1. The molecule has 16 heavy (non-hydrogen) atoms. The van der Waals surface area contributed by atoms with Gasteiger partial charge < -0.3 is 0 Å². The normalized spacial score (nSPS) is 40.7. The van der Waals surface area contributed by atoms with Crippen molar-refractivity contribution in [2.75, 3.05) is 0 Å². The Labute approximate surface area is 110 Å². The zero-order valence-corrected chi connectivity index (χ0v) is 12.4. The van der Waals surface area contributed by atoms with Gasteiger partial charge in [-0.05, 0) is 47.7 Å². The van der Waals surface area contributed by atoms with E-state index in [1.54, 1.807) is 0 Å². The maximum Gasteiger partial charge on any atom is 0.355 e. The fourth-order valence-electron chi connectivity index (χ4n) is 4.16. The van der Waals surface area contributed by atoms with Gasteiger partial charge in [0.25, 0.3) is 0 Å². The Hall–Kier alpha value is 0.645. The lowest BCUT2D eigenvalue weighted by molar-refractivity contribution is -0.109. The molecule has 0 radical (unpaired) electrons. The Balaban J connectivity index is 2.13. The molecule has 0 spiro atoms. The molecular formula is C13H23BCl2. The van der Waals surface area contributed by atoms with Crippen molar-refractivity contribution in [1.29, 1.82) is 0 Å². The Morgan fingerprint density at radius 1 is 1.25 bits per heavy atom. The fraction of sp³-hybridized carbons (Fsp3) is 1.00. The van der Waals surface area contributed by atoms with E-state index in [1.807, 2.05) is 0 Å². The highest BCUT2D eigenvalue weighted by Gasteiger charge is 2.58. The van der Waals surface area contributed by atoms with Crippen molar-refractivity contribution in [3.05, 3.63) is 0 Å². The summed E-state index contributed by atoms with van der Waals surface area (Å²) in [5, 5.41) is 0. The Morgan fingerprint density at radius 3 is 2.31 bits per heavy atom. The minimum Gasteiger partial charge on any atom is -0.171 e. The van der Waals surface area contributed by atoms with E-state index in [1.165, 1.54) is 19.3 Å². The molecule has 0 aromatic rings. The summed E-state index contributed by atoms with van der Waals surface area (Å²) in [5.41, 5.74) is 0.379. The molecule has 3 fully saturated rings. The van der Waals surface area contributed by atoms with E-state index in [2.05, 4.69) is 27.7 Å². The number of hydrogen-bond acceptors (Lipinski definition) is 0. The lowest BCUT2D eigenvalue weighted by Crippen LogP contribution is -2.55. The second-order valence-electron chi connectivity index (χ2n) is 6.89. The van der Waals surface area contributed by atoms with Gasteiger partial charge in [0.05, 0.1) is 0 Å². The highest BCUT2D eigenvalue weighted by Crippen LogP contribution is 2.66. The van der Waals surface area contributed by atoms with Gasteiger partial charge in [-0.2, -0.15) is 22.9 Å². The monoisotopic (exact) mass is 260 g/mol. The van der Waals surface area contributed by atoms with Gasteiger partial charge in [0, 0.05) is 0 Å². The molecule has 3 rings (SSSR count). The van der Waals surface area contributed by atoms with Crippen LogP contribution < -0.4 is 0 Å². The van der Waals surface area contributed by atoms with E-state index >= 15 is 0 Å². The Kier molecular flexibility index (Phi) is 3.59. The second kappa shape index (κ2) is 4.39. The smallest absolute Gasteiger partial charge is 0.171 e. The van der Waals surface area contributed by atoms with Crippen molar-refractivity contribution >= 4 is 28.5 Å². The van der Waals surface area contributed by atoms with Crippen LogP contribution in [0.3, 0.4) is 0 Å². The van der Waals surface area contributed by atoms with Crippen LogP contribution >= 0.6 is 22.9 Å². The van der Waals surface area contributed by atoms with Crippen LogP contribution in [0, 0.1) is 29.1 Å². The number of halogens is 2. The van der Waals surface area contributed by atoms with Crippen LogP contribution in [0.25, 0.3) is 0 Å². The van der Waals surface area contributed by atoms with Crippen molar-refractivity contribution in [3.63, 3.8) is 0 Å². The van der Waals surface area contributed by atoms with E-state index in [9.17, 15) is 0 Å². The van der Waals surface area contributed by atoms with Crippen LogP contribution in [0.1, 0.15) is 47.0 Å². The average Bonchev–Trinajstić information content (AvgIpc) is 2.15. The quantitative estimate of drug-likeness (QED) is 0.623. The molecule has 0 nitrogen and oxygen atoms in total. The number of fused-ring (bicyclic) bond motifs is 2. The van der Waals surface area contributed by atoms with Gasteiger partial charge in [0.2, 0.25) is 0 Å². The maximum absolute atomic E-state index is 6.18. The molecule has 0 N–H and O–H groups in total. The van der Waals surface area contributed by atoms with E-state index < -0.39 is 0 Å². The second-order valence-corrected chi connectivity index (χ2v) is 8.05. The first-order chi connectivity index (χ1) is 7.34. The molecule has 3 aliphatic rings. The van der Waals surface area contributed by atoms with Crippen molar-refractivity contribution in [3.8, 4) is 0 Å². The van der Waals surface area contributed by atoms with E-state index in [4.69, 9.17) is 22.9 Å². The third-order valence-corrected chi connectivity index (χ3v) is 5.88. The maximum atomic E-state index is 6.18. The molecule has 3 heteroatoms. The van der Waals surface area contributed by atoms with Crippen LogP contribution in [0.4, 0.5) is 0 Å². The van der Waals surface area contributed by atoms with Gasteiger partial charge >= 0.3 is 5.54 Å². The summed E-state index contributed by atoms with van der Waals surface area (Å²) in [7, 11) is 0. The van der Waals surface area contributed by atoms with Crippen LogP contribution in [0.2, 0.25) is 5.82 Å². The molecule has 4 atom stereocenters. The summed E-state index contributed by atoms with van der Waals surface area (Å²) in [5.74, 6) is 3.78. The van der Waals surface area contributed by atoms with Gasteiger partial charge in [-0.1, -0.05) is 34.1 Å². The molecule has 0 saturated heterocycles. The van der Waals surface area contributed by atoms with Gasteiger partial charge in [0.15, 0.2) is 0 Å². The molecule has 0 heterocycles. The molecule has 0 aliphatic heterocycles. The number of rotatable bonds is 3. The highest BCUT2D eigenvalue weighted by atomic mass is 35.5. The first-order valence-corrected chi connectivity index (χ1v) is 7.49. The largest absolute Gasteiger partial charge is 0.355 e. The SMILES string of the molecule is CC(C)C[C@@H]1[C@H]2C[C@@H](C[C@H]1B(Cl)Cl)C2(C)C. The zero-order valence-electron chi connectivity index (χ0n) is 10.8. The first kappa shape index (κ1) is 13.1. The van der Waals surface area contributed by atoms with E-state index in [0.717, 1.165) is 23.7 Å². The minimum absolute atomic E-state index is 0.162. The predicted molar refractivity (Wildman–Crippen MR) is 74.2 cm³/mol. The molecule has 0 amide bonds. The average molecular weight is 261 g/mol. The van der Waals surface area contributed by atoms with Crippen LogP contribution in [-0.2, 0) is 0 Å². The Morgan fingerprint density at radius 2 is 1.88 bits per heavy atom.